The van der Waals surface area contributed by atoms with Crippen molar-refractivity contribution in [3.8, 4) is 0 Å². The summed E-state index contributed by atoms with van der Waals surface area (Å²) in [6, 6.07) is 1.82. The summed E-state index contributed by atoms with van der Waals surface area (Å²) >= 11 is 1.50. The van der Waals surface area contributed by atoms with E-state index in [0.29, 0.717) is 6.54 Å². The molecule has 8 heteroatoms. The number of hydrogen-bond acceptors (Lipinski definition) is 6. The van der Waals surface area contributed by atoms with Crippen LogP contribution in [-0.4, -0.2) is 50.0 Å². The lowest BCUT2D eigenvalue weighted by atomic mass is 10.1. The Kier molecular flexibility index (Phi) is 4.64. The molecule has 1 N–H and O–H groups in total. The van der Waals surface area contributed by atoms with Gasteiger partial charge in [0.2, 0.25) is 10.0 Å². The fourth-order valence-electron chi connectivity index (χ4n) is 2.19. The Balaban J connectivity index is 2.08. The lowest BCUT2D eigenvalue weighted by molar-refractivity contribution is 0.465. The van der Waals surface area contributed by atoms with Crippen molar-refractivity contribution >= 4 is 27.6 Å². The topological polar surface area (TPSA) is 75.2 Å². The Morgan fingerprint density at radius 1 is 1.53 bits per heavy atom. The quantitative estimate of drug-likeness (QED) is 0.652. The van der Waals surface area contributed by atoms with Crippen molar-refractivity contribution in [3.05, 3.63) is 12.3 Å². The van der Waals surface area contributed by atoms with Gasteiger partial charge in [-0.2, -0.15) is 0 Å². The maximum absolute atomic E-state index is 11.3. The highest BCUT2D eigenvalue weighted by molar-refractivity contribution is 7.98. The third-order valence-corrected chi connectivity index (χ3v) is 4.25. The van der Waals surface area contributed by atoms with Crippen molar-refractivity contribution in [2.75, 3.05) is 30.5 Å². The highest BCUT2D eigenvalue weighted by atomic mass is 32.2. The predicted molar refractivity (Wildman–Crippen MR) is 77.0 cm³/mol. The molecule has 0 amide bonds. The van der Waals surface area contributed by atoms with Crippen molar-refractivity contribution in [1.29, 1.82) is 0 Å². The van der Waals surface area contributed by atoms with Gasteiger partial charge in [-0.15, -0.1) is 0 Å². The molecule has 1 aromatic rings. The summed E-state index contributed by atoms with van der Waals surface area (Å²) in [4.78, 5) is 10.7. The lowest BCUT2D eigenvalue weighted by Crippen LogP contribution is -2.47. The van der Waals surface area contributed by atoms with Crippen LogP contribution in [0.5, 0.6) is 0 Å². The number of rotatable bonds is 4. The molecule has 0 spiro atoms. The standard InChI is InChI=1S/C11H18N4O2S2/c1-18-11-12-6-5-10(13-11)15-7-3-4-9(8-15)14-19(2,16)17/h5-6,9,14H,3-4,7-8H2,1-2H3. The zero-order chi connectivity index (χ0) is 13.9. The molecule has 1 atom stereocenters. The van der Waals surface area contributed by atoms with Crippen LogP contribution in [0.2, 0.25) is 0 Å². The third kappa shape index (κ3) is 4.32. The molecule has 2 heterocycles. The number of nitrogens with zero attached hydrogens (tertiary/aromatic N) is 3. The van der Waals surface area contributed by atoms with Crippen LogP contribution in [-0.2, 0) is 10.0 Å². The SMILES string of the molecule is CSc1nccc(N2CCCC(NS(C)(=O)=O)C2)n1. The van der Waals surface area contributed by atoms with Crippen LogP contribution in [0.3, 0.4) is 0 Å². The number of thioether (sulfide) groups is 1. The Morgan fingerprint density at radius 3 is 3.00 bits per heavy atom. The summed E-state index contributed by atoms with van der Waals surface area (Å²) in [5, 5.41) is 0.732. The summed E-state index contributed by atoms with van der Waals surface area (Å²) < 4.78 is 25.2. The largest absolute Gasteiger partial charge is 0.355 e. The molecular formula is C11H18N4O2S2. The molecule has 1 fully saturated rings. The molecule has 1 unspecified atom stereocenters. The summed E-state index contributed by atoms with van der Waals surface area (Å²) in [5.74, 6) is 0.861. The highest BCUT2D eigenvalue weighted by Gasteiger charge is 2.23. The van der Waals surface area contributed by atoms with E-state index in [2.05, 4.69) is 19.6 Å². The van der Waals surface area contributed by atoms with Gasteiger partial charge in [0.25, 0.3) is 0 Å². The minimum Gasteiger partial charge on any atom is -0.355 e. The number of nitrogens with one attached hydrogen (secondary N) is 1. The second-order valence-corrected chi connectivity index (χ2v) is 7.13. The van der Waals surface area contributed by atoms with Crippen LogP contribution in [0.4, 0.5) is 5.82 Å². The number of aromatic nitrogens is 2. The molecule has 6 nitrogen and oxygen atoms in total. The molecule has 0 aliphatic carbocycles. The minimum atomic E-state index is -3.16. The van der Waals surface area contributed by atoms with Crippen molar-refractivity contribution in [1.82, 2.24) is 14.7 Å². The van der Waals surface area contributed by atoms with E-state index >= 15 is 0 Å². The Labute approximate surface area is 118 Å². The van der Waals surface area contributed by atoms with Crippen LogP contribution in [0.15, 0.2) is 17.4 Å². The second-order valence-electron chi connectivity index (χ2n) is 4.58. The van der Waals surface area contributed by atoms with E-state index in [1.165, 1.54) is 18.0 Å². The Hall–Kier alpha value is -0.860. The molecule has 1 aromatic heterocycles. The number of hydrogen-bond donors (Lipinski definition) is 1. The zero-order valence-electron chi connectivity index (χ0n) is 11.0. The van der Waals surface area contributed by atoms with Crippen molar-refractivity contribution < 1.29 is 8.42 Å². The number of anilines is 1. The van der Waals surface area contributed by atoms with Crippen LogP contribution in [0.25, 0.3) is 0 Å². The van der Waals surface area contributed by atoms with Crippen molar-refractivity contribution in [2.24, 2.45) is 0 Å². The van der Waals surface area contributed by atoms with Gasteiger partial charge in [-0.05, 0) is 25.2 Å². The van der Waals surface area contributed by atoms with E-state index in [1.807, 2.05) is 12.3 Å². The van der Waals surface area contributed by atoms with Crippen molar-refractivity contribution in [2.45, 2.75) is 24.0 Å². The normalized spacial score (nSPS) is 20.5. The van der Waals surface area contributed by atoms with Gasteiger partial charge >= 0.3 is 0 Å². The predicted octanol–water partition coefficient (Wildman–Crippen LogP) is 0.716. The molecule has 0 saturated carbocycles. The van der Waals surface area contributed by atoms with E-state index in [-0.39, 0.29) is 6.04 Å². The fraction of sp³-hybridized carbons (Fsp3) is 0.636. The first kappa shape index (κ1) is 14.5. The zero-order valence-corrected chi connectivity index (χ0v) is 12.7. The third-order valence-electron chi connectivity index (χ3n) is 2.93. The smallest absolute Gasteiger partial charge is 0.209 e. The van der Waals surface area contributed by atoms with Crippen LogP contribution < -0.4 is 9.62 Å². The first-order valence-corrected chi connectivity index (χ1v) is 9.19. The van der Waals surface area contributed by atoms with E-state index in [4.69, 9.17) is 0 Å². The van der Waals surface area contributed by atoms with Gasteiger partial charge in [-0.3, -0.25) is 0 Å². The van der Waals surface area contributed by atoms with Crippen LogP contribution >= 0.6 is 11.8 Å². The molecule has 0 radical (unpaired) electrons. The molecule has 106 valence electrons. The van der Waals surface area contributed by atoms with Gasteiger partial charge in [0.15, 0.2) is 5.16 Å². The molecule has 2 rings (SSSR count). The maximum Gasteiger partial charge on any atom is 0.209 e. The highest BCUT2D eigenvalue weighted by Crippen LogP contribution is 2.19. The molecular weight excluding hydrogens is 284 g/mol. The minimum absolute atomic E-state index is 0.0450. The number of sulfonamides is 1. The molecule has 1 aliphatic rings. The summed E-state index contributed by atoms with van der Waals surface area (Å²) in [6.07, 6.45) is 6.68. The molecule has 1 aliphatic heterocycles. The van der Waals surface area contributed by atoms with E-state index in [0.717, 1.165) is 30.4 Å². The van der Waals surface area contributed by atoms with Crippen LogP contribution in [0, 0.1) is 0 Å². The fourth-order valence-corrected chi connectivity index (χ4v) is 3.34. The van der Waals surface area contributed by atoms with Crippen LogP contribution in [0.1, 0.15) is 12.8 Å². The Morgan fingerprint density at radius 2 is 2.32 bits per heavy atom. The van der Waals surface area contributed by atoms with Gasteiger partial charge in [-0.1, -0.05) is 11.8 Å². The van der Waals surface area contributed by atoms with Gasteiger partial charge in [0.1, 0.15) is 5.82 Å². The number of piperidine rings is 1. The first-order chi connectivity index (χ1) is 8.98. The molecule has 19 heavy (non-hydrogen) atoms. The summed E-state index contributed by atoms with van der Waals surface area (Å²) in [6.45, 7) is 1.55. The van der Waals surface area contributed by atoms with Gasteiger partial charge < -0.3 is 4.90 Å². The Bertz CT molecular complexity index is 535. The first-order valence-electron chi connectivity index (χ1n) is 6.07. The van der Waals surface area contributed by atoms with Gasteiger partial charge in [0.05, 0.1) is 6.26 Å². The van der Waals surface area contributed by atoms with Gasteiger partial charge in [-0.25, -0.2) is 23.1 Å². The maximum atomic E-state index is 11.3. The second kappa shape index (κ2) is 6.06. The lowest BCUT2D eigenvalue weighted by Gasteiger charge is -2.33. The molecule has 1 saturated heterocycles. The average molecular weight is 302 g/mol. The molecule has 0 bridgehead atoms. The van der Waals surface area contributed by atoms with E-state index in [1.54, 1.807) is 6.20 Å². The average Bonchev–Trinajstić information content (AvgIpc) is 2.37. The van der Waals surface area contributed by atoms with Crippen molar-refractivity contribution in [3.63, 3.8) is 0 Å². The molecule has 0 aromatic carbocycles. The summed E-state index contributed by atoms with van der Waals surface area (Å²) in [7, 11) is -3.16. The summed E-state index contributed by atoms with van der Waals surface area (Å²) in [5.41, 5.74) is 0. The van der Waals surface area contributed by atoms with E-state index < -0.39 is 10.0 Å². The van der Waals surface area contributed by atoms with Gasteiger partial charge in [0, 0.05) is 25.3 Å². The van der Waals surface area contributed by atoms with E-state index in [9.17, 15) is 8.42 Å². The monoisotopic (exact) mass is 302 g/mol.